The molecule has 1 aromatic heterocycles. The van der Waals surface area contributed by atoms with Crippen LogP contribution in [0.2, 0.25) is 10.0 Å². The van der Waals surface area contributed by atoms with Crippen molar-refractivity contribution in [2.24, 2.45) is 5.92 Å². The molecule has 0 radical (unpaired) electrons. The molecule has 0 bridgehead atoms. The first-order valence-corrected chi connectivity index (χ1v) is 15.8. The van der Waals surface area contributed by atoms with Crippen LogP contribution in [0.4, 0.5) is 0 Å². The van der Waals surface area contributed by atoms with Gasteiger partial charge >= 0.3 is 0 Å². The number of allylic oxidation sites excluding steroid dienone is 2. The molecule has 0 N–H and O–H groups in total. The molecule has 6 heteroatoms. The van der Waals surface area contributed by atoms with Gasteiger partial charge in [0, 0.05) is 48.8 Å². The Balaban J connectivity index is 1.27. The first kappa shape index (κ1) is 27.3. The van der Waals surface area contributed by atoms with Crippen molar-refractivity contribution in [2.75, 3.05) is 0 Å². The van der Waals surface area contributed by atoms with Crippen LogP contribution in [0.3, 0.4) is 0 Å². The topological polar surface area (TPSA) is 40.1 Å². The lowest BCUT2D eigenvalue weighted by Crippen LogP contribution is -2.52. The fourth-order valence-corrected chi connectivity index (χ4v) is 8.15. The average molecular weight is 622 g/mol. The van der Waals surface area contributed by atoms with Crippen LogP contribution < -0.4 is 5.11 Å². The number of Topliss-reactive ketones (excluding diaryl/α,β-unsaturated/α-hetero) is 1. The van der Waals surface area contributed by atoms with Crippen LogP contribution in [0.5, 0.6) is 0 Å². The molecule has 0 amide bonds. The molecule has 2 heterocycles. The van der Waals surface area contributed by atoms with Crippen molar-refractivity contribution in [3.05, 3.63) is 148 Å². The molecule has 2 atom stereocenters. The molecule has 1 fully saturated rings. The molecular formula is C36H22Cl2O2S2. The Morgan fingerprint density at radius 2 is 1.50 bits per heavy atom. The van der Waals surface area contributed by atoms with Gasteiger partial charge in [0.1, 0.15) is 0 Å². The summed E-state index contributed by atoms with van der Waals surface area (Å²) >= 11 is 15.9. The minimum Gasteiger partial charge on any atom is -0.848 e. The molecule has 2 aliphatic rings. The second-order valence-corrected chi connectivity index (χ2v) is 13.3. The summed E-state index contributed by atoms with van der Waals surface area (Å²) in [5.74, 6) is -0.881. The van der Waals surface area contributed by atoms with Crippen molar-refractivity contribution in [3.8, 4) is 10.4 Å². The van der Waals surface area contributed by atoms with E-state index in [0.717, 1.165) is 52.6 Å². The Kier molecular flexibility index (Phi) is 7.35. The number of hydrogen-bond donors (Lipinski definition) is 0. The van der Waals surface area contributed by atoms with Gasteiger partial charge in [-0.25, -0.2) is 0 Å². The summed E-state index contributed by atoms with van der Waals surface area (Å²) in [5.41, 5.74) is 5.13. The molecule has 1 aliphatic heterocycles. The maximum atomic E-state index is 13.6. The molecule has 4 aromatic carbocycles. The molecule has 2 nitrogen and oxygen atoms in total. The van der Waals surface area contributed by atoms with Crippen LogP contribution in [0.25, 0.3) is 37.1 Å². The van der Waals surface area contributed by atoms with Gasteiger partial charge in [-0.15, -0.1) is 0 Å². The van der Waals surface area contributed by atoms with Crippen molar-refractivity contribution in [1.82, 2.24) is 0 Å². The smallest absolute Gasteiger partial charge is 0.240 e. The third kappa shape index (κ3) is 5.15. The van der Waals surface area contributed by atoms with Crippen molar-refractivity contribution in [3.63, 3.8) is 0 Å². The lowest BCUT2D eigenvalue weighted by molar-refractivity contribution is -0.419. The van der Waals surface area contributed by atoms with Crippen LogP contribution in [0.1, 0.15) is 16.7 Å². The van der Waals surface area contributed by atoms with Gasteiger partial charge in [-0.3, -0.25) is 4.79 Å². The standard InChI is InChI=1S/C36H22Cl2O2S2/c37-25-11-13-27-23(17-31(41-33(27)19-25)21-7-3-1-4-8-21)15-29-35(39)30(36(29)40)16-24-18-32(22-9-5-2-6-10-22)42-34-20-26(38)12-14-28(24)34/h1-20,29,35H/b23-15+,30-16+. The van der Waals surface area contributed by atoms with Crippen molar-refractivity contribution in [2.45, 2.75) is 11.0 Å². The molecule has 42 heavy (non-hydrogen) atoms. The predicted octanol–water partition coefficient (Wildman–Crippen LogP) is 9.70. The van der Waals surface area contributed by atoms with Crippen molar-refractivity contribution in [1.29, 1.82) is 0 Å². The van der Waals surface area contributed by atoms with Gasteiger partial charge in [-0.2, -0.15) is 0 Å². The molecule has 1 aliphatic carbocycles. The quantitative estimate of drug-likeness (QED) is 0.148. The zero-order valence-electron chi connectivity index (χ0n) is 22.1. The van der Waals surface area contributed by atoms with E-state index in [9.17, 15) is 9.90 Å². The molecular weight excluding hydrogens is 599 g/mol. The zero-order valence-corrected chi connectivity index (χ0v) is 25.2. The first-order valence-electron chi connectivity index (χ1n) is 13.4. The number of fused-ring (bicyclic) bond motifs is 2. The number of carbonyl (C=O) groups excluding carboxylic acids is 1. The second kappa shape index (κ2) is 11.3. The maximum Gasteiger partial charge on any atom is 0.240 e. The van der Waals surface area contributed by atoms with E-state index in [4.69, 9.17) is 23.2 Å². The Morgan fingerprint density at radius 3 is 2.24 bits per heavy atom. The number of benzene rings is 4. The van der Waals surface area contributed by atoms with E-state index in [1.807, 2.05) is 78.9 Å². The highest BCUT2D eigenvalue weighted by Crippen LogP contribution is 2.47. The van der Waals surface area contributed by atoms with Crippen LogP contribution in [0, 0.1) is 5.92 Å². The third-order valence-corrected chi connectivity index (χ3v) is 10.3. The van der Waals surface area contributed by atoms with Crippen molar-refractivity contribution < 1.29 is 9.90 Å². The molecule has 204 valence electrons. The van der Waals surface area contributed by atoms with Gasteiger partial charge in [0.05, 0.1) is 0 Å². The monoisotopic (exact) mass is 620 g/mol. The predicted molar refractivity (Wildman–Crippen MR) is 177 cm³/mol. The summed E-state index contributed by atoms with van der Waals surface area (Å²) in [6, 6.07) is 33.7. The van der Waals surface area contributed by atoms with Gasteiger partial charge in [-0.1, -0.05) is 102 Å². The van der Waals surface area contributed by atoms with E-state index in [-0.39, 0.29) is 5.78 Å². The largest absolute Gasteiger partial charge is 0.848 e. The fourth-order valence-electron chi connectivity index (χ4n) is 5.36. The summed E-state index contributed by atoms with van der Waals surface area (Å²) in [7, 11) is 0. The molecule has 7 rings (SSSR count). The Hall–Kier alpha value is -3.51. The third-order valence-electron chi connectivity index (χ3n) is 7.53. The number of halogens is 2. The fraction of sp³-hybridized carbons (Fsp3) is 0.0556. The molecule has 5 aromatic rings. The minimum absolute atomic E-state index is 0.137. The van der Waals surface area contributed by atoms with Crippen LogP contribution in [-0.4, -0.2) is 11.9 Å². The highest BCUT2D eigenvalue weighted by molar-refractivity contribution is 8.08. The molecule has 0 saturated heterocycles. The number of rotatable bonds is 4. The van der Waals surface area contributed by atoms with Gasteiger partial charge in [0.2, 0.25) is 20.9 Å². The van der Waals surface area contributed by atoms with Crippen LogP contribution in [0.15, 0.2) is 126 Å². The van der Waals surface area contributed by atoms with E-state index in [1.54, 1.807) is 29.2 Å². The minimum atomic E-state index is -1.16. The second-order valence-electron chi connectivity index (χ2n) is 10.2. The average Bonchev–Trinajstić information content (AvgIpc) is 3.02. The van der Waals surface area contributed by atoms with Gasteiger partial charge in [-0.05, 0) is 76.4 Å². The Labute approximate surface area is 262 Å². The van der Waals surface area contributed by atoms with Crippen molar-refractivity contribution >= 4 is 78.7 Å². The van der Waals surface area contributed by atoms with Crippen LogP contribution in [-0.2, 0) is 4.79 Å². The molecule has 2 unspecified atom stereocenters. The van der Waals surface area contributed by atoms with Gasteiger partial charge in [0.25, 0.3) is 0 Å². The SMILES string of the molecule is O=C1/C(=C/c2cc(-c3ccccc3)[s+]c3cc(Cl)ccc23)C([O-])C1/C=C1\C=C(c2ccccc2)Sc2cc(Cl)ccc21. The Bertz CT molecular complexity index is 1960. The lowest BCUT2D eigenvalue weighted by atomic mass is 9.73. The maximum absolute atomic E-state index is 13.6. The molecule has 1 saturated carbocycles. The number of carbonyl (C=O) groups is 1. The van der Waals surface area contributed by atoms with Gasteiger partial charge in [0.15, 0.2) is 5.78 Å². The first-order chi connectivity index (χ1) is 20.4. The Morgan fingerprint density at radius 1 is 0.810 bits per heavy atom. The number of ketones is 1. The number of thioether (sulfide) groups is 1. The highest BCUT2D eigenvalue weighted by Gasteiger charge is 2.37. The van der Waals surface area contributed by atoms with Gasteiger partial charge < -0.3 is 5.11 Å². The summed E-state index contributed by atoms with van der Waals surface area (Å²) in [5, 5.41) is 15.9. The summed E-state index contributed by atoms with van der Waals surface area (Å²) < 4.78 is 0.997. The summed E-state index contributed by atoms with van der Waals surface area (Å²) in [4.78, 5) is 16.6. The van der Waals surface area contributed by atoms with E-state index >= 15 is 0 Å². The zero-order chi connectivity index (χ0) is 28.8. The van der Waals surface area contributed by atoms with E-state index in [2.05, 4.69) is 36.4 Å². The summed E-state index contributed by atoms with van der Waals surface area (Å²) in [6.45, 7) is 0. The number of hydrogen-bond acceptors (Lipinski definition) is 3. The molecule has 0 spiro atoms. The lowest BCUT2D eigenvalue weighted by Gasteiger charge is -2.42. The van der Waals surface area contributed by atoms with E-state index in [1.165, 1.54) is 0 Å². The van der Waals surface area contributed by atoms with E-state index in [0.29, 0.717) is 15.6 Å². The van der Waals surface area contributed by atoms with E-state index < -0.39 is 12.0 Å². The normalized spacial score (nSPS) is 20.0. The summed E-state index contributed by atoms with van der Waals surface area (Å²) in [6.07, 6.45) is 4.53. The van der Waals surface area contributed by atoms with Crippen LogP contribution >= 0.6 is 46.3 Å². The highest BCUT2D eigenvalue weighted by atomic mass is 35.5.